The number of aryl methyl sites for hydroxylation is 1. The van der Waals surface area contributed by atoms with Gasteiger partial charge in [-0.25, -0.2) is 4.99 Å². The van der Waals surface area contributed by atoms with Crippen LogP contribution in [-0.2, 0) is 14.3 Å². The summed E-state index contributed by atoms with van der Waals surface area (Å²) in [4.78, 5) is 21.4. The number of aliphatic imine (C=N–C) groups is 1. The summed E-state index contributed by atoms with van der Waals surface area (Å²) in [5.74, 6) is 1.09. The van der Waals surface area contributed by atoms with Gasteiger partial charge in [-0.15, -0.1) is 0 Å². The number of benzene rings is 2. The number of unbranched alkanes of at least 4 members (excludes halogenated alkanes) is 1. The Morgan fingerprint density at radius 1 is 1.03 bits per heavy atom. The molecule has 1 saturated carbocycles. The number of esters is 1. The van der Waals surface area contributed by atoms with Crippen molar-refractivity contribution in [2.75, 3.05) is 51.0 Å². The number of halogens is 2. The Morgan fingerprint density at radius 3 is 2.56 bits per heavy atom. The van der Waals surface area contributed by atoms with Gasteiger partial charge < -0.3 is 19.1 Å². The maximum absolute atomic E-state index is 12.0. The standard InChI is InChI=1S/C30H39Cl2N3O4/c1-22-12-13-25(20-27(22)33-23(2)38-21-39-30(36)24-8-3-4-9-24)37-19-6-5-14-34-15-17-35(18-16-34)28-11-7-10-26(31)29(28)32/h7,10-13,20,24H,3-6,8-9,14-19,21H2,1-2H3. The van der Waals surface area contributed by atoms with E-state index in [1.807, 2.05) is 43.3 Å². The van der Waals surface area contributed by atoms with E-state index in [1.54, 1.807) is 6.92 Å². The van der Waals surface area contributed by atoms with Crippen LogP contribution in [-0.4, -0.2) is 62.9 Å². The first kappa shape index (κ1) is 29.5. The minimum Gasteiger partial charge on any atom is -0.494 e. The number of anilines is 1. The summed E-state index contributed by atoms with van der Waals surface area (Å²) in [6, 6.07) is 11.7. The number of carbonyl (C=O) groups is 1. The molecule has 1 saturated heterocycles. The number of piperazine rings is 1. The lowest BCUT2D eigenvalue weighted by Crippen LogP contribution is -2.46. The van der Waals surface area contributed by atoms with E-state index in [0.717, 1.165) is 93.9 Å². The van der Waals surface area contributed by atoms with Crippen molar-refractivity contribution < 1.29 is 19.0 Å². The van der Waals surface area contributed by atoms with E-state index in [2.05, 4.69) is 14.8 Å². The quantitative estimate of drug-likeness (QED) is 0.0940. The first-order valence-corrected chi connectivity index (χ1v) is 14.7. The zero-order valence-corrected chi connectivity index (χ0v) is 24.5. The second-order valence-electron chi connectivity index (χ2n) is 10.2. The van der Waals surface area contributed by atoms with Crippen molar-refractivity contribution in [3.8, 4) is 5.75 Å². The molecule has 0 N–H and O–H groups in total. The molecule has 0 unspecified atom stereocenters. The van der Waals surface area contributed by atoms with Gasteiger partial charge in [-0.3, -0.25) is 9.69 Å². The second-order valence-corrected chi connectivity index (χ2v) is 11.0. The second kappa shape index (κ2) is 14.8. The summed E-state index contributed by atoms with van der Waals surface area (Å²) in [5, 5.41) is 1.24. The van der Waals surface area contributed by atoms with Crippen LogP contribution in [0.4, 0.5) is 11.4 Å². The lowest BCUT2D eigenvalue weighted by Gasteiger charge is -2.36. The van der Waals surface area contributed by atoms with Crippen molar-refractivity contribution >= 4 is 46.4 Å². The Hall–Kier alpha value is -2.48. The fourth-order valence-corrected chi connectivity index (χ4v) is 5.45. The Labute approximate surface area is 242 Å². The van der Waals surface area contributed by atoms with Crippen molar-refractivity contribution in [3.05, 3.63) is 52.0 Å². The molecule has 0 amide bonds. The lowest BCUT2D eigenvalue weighted by molar-refractivity contribution is -0.155. The molecule has 0 aromatic heterocycles. The summed E-state index contributed by atoms with van der Waals surface area (Å²) in [7, 11) is 0. The molecule has 2 aliphatic rings. The average molecular weight is 577 g/mol. The van der Waals surface area contributed by atoms with Crippen molar-refractivity contribution in [3.63, 3.8) is 0 Å². The average Bonchev–Trinajstić information content (AvgIpc) is 3.48. The highest BCUT2D eigenvalue weighted by molar-refractivity contribution is 6.43. The van der Waals surface area contributed by atoms with Crippen LogP contribution < -0.4 is 9.64 Å². The third kappa shape index (κ3) is 8.75. The SMILES string of the molecule is CC(=Nc1cc(OCCCCN2CCN(c3cccc(Cl)c3Cl)CC2)ccc1C)OCOC(=O)C1CCCC1. The monoisotopic (exact) mass is 575 g/mol. The number of hydrogen-bond acceptors (Lipinski definition) is 7. The van der Waals surface area contributed by atoms with Crippen LogP contribution in [0.1, 0.15) is 51.0 Å². The molecule has 1 heterocycles. The van der Waals surface area contributed by atoms with E-state index >= 15 is 0 Å². The predicted octanol–water partition coefficient (Wildman–Crippen LogP) is 7.04. The third-order valence-corrected chi connectivity index (χ3v) is 8.21. The molecule has 0 atom stereocenters. The fraction of sp³-hybridized carbons (Fsp3) is 0.533. The lowest BCUT2D eigenvalue weighted by atomic mass is 10.1. The van der Waals surface area contributed by atoms with Gasteiger partial charge in [0.25, 0.3) is 0 Å². The zero-order chi connectivity index (χ0) is 27.6. The van der Waals surface area contributed by atoms with E-state index in [9.17, 15) is 4.79 Å². The molecule has 7 nitrogen and oxygen atoms in total. The molecule has 0 radical (unpaired) electrons. The highest BCUT2D eigenvalue weighted by atomic mass is 35.5. The minimum atomic E-state index is -0.170. The molecule has 4 rings (SSSR count). The molecule has 1 aliphatic carbocycles. The maximum atomic E-state index is 12.0. The highest BCUT2D eigenvalue weighted by Crippen LogP contribution is 2.33. The number of ether oxygens (including phenoxy) is 3. The molecular formula is C30H39Cl2N3O4. The molecule has 212 valence electrons. The normalized spacial score (nSPS) is 16.9. The van der Waals surface area contributed by atoms with Crippen molar-refractivity contribution in [1.82, 2.24) is 4.90 Å². The maximum Gasteiger partial charge on any atom is 0.311 e. The summed E-state index contributed by atoms with van der Waals surface area (Å²) in [6.45, 7) is 9.24. The Morgan fingerprint density at radius 2 is 1.79 bits per heavy atom. The first-order chi connectivity index (χ1) is 18.9. The van der Waals surface area contributed by atoms with Crippen LogP contribution in [0.3, 0.4) is 0 Å². The Bertz CT molecular complexity index is 1130. The minimum absolute atomic E-state index is 0.0199. The van der Waals surface area contributed by atoms with Gasteiger partial charge in [0.1, 0.15) is 5.75 Å². The number of rotatable bonds is 11. The van der Waals surface area contributed by atoms with E-state index in [-0.39, 0.29) is 18.7 Å². The van der Waals surface area contributed by atoms with E-state index in [4.69, 9.17) is 37.4 Å². The molecular weight excluding hydrogens is 537 g/mol. The van der Waals surface area contributed by atoms with E-state index < -0.39 is 0 Å². The van der Waals surface area contributed by atoms with Crippen LogP contribution in [0.25, 0.3) is 0 Å². The molecule has 2 aromatic rings. The largest absolute Gasteiger partial charge is 0.494 e. The molecule has 2 aromatic carbocycles. The van der Waals surface area contributed by atoms with Crippen molar-refractivity contribution in [2.24, 2.45) is 10.9 Å². The summed E-state index contributed by atoms with van der Waals surface area (Å²) >= 11 is 12.6. The molecule has 1 aliphatic heterocycles. The van der Waals surface area contributed by atoms with Crippen molar-refractivity contribution in [2.45, 2.75) is 52.4 Å². The van der Waals surface area contributed by atoms with Crippen LogP contribution in [0.5, 0.6) is 5.75 Å². The topological polar surface area (TPSA) is 63.6 Å². The summed E-state index contributed by atoms with van der Waals surface area (Å²) in [5.41, 5.74) is 2.82. The van der Waals surface area contributed by atoms with Gasteiger partial charge in [0.15, 0.2) is 5.90 Å². The van der Waals surface area contributed by atoms with Gasteiger partial charge in [0.2, 0.25) is 6.79 Å². The van der Waals surface area contributed by atoms with E-state index in [0.29, 0.717) is 22.5 Å². The first-order valence-electron chi connectivity index (χ1n) is 13.9. The Balaban J connectivity index is 1.14. The number of nitrogens with zero attached hydrogens (tertiary/aromatic N) is 3. The van der Waals surface area contributed by atoms with Gasteiger partial charge in [0.05, 0.1) is 33.9 Å². The molecule has 9 heteroatoms. The highest BCUT2D eigenvalue weighted by Gasteiger charge is 2.24. The van der Waals surface area contributed by atoms with Gasteiger partial charge in [0, 0.05) is 39.2 Å². The molecule has 0 bridgehead atoms. The van der Waals surface area contributed by atoms with Gasteiger partial charge in [-0.1, -0.05) is 48.2 Å². The van der Waals surface area contributed by atoms with Crippen molar-refractivity contribution in [1.29, 1.82) is 0 Å². The van der Waals surface area contributed by atoms with Gasteiger partial charge >= 0.3 is 5.97 Å². The van der Waals surface area contributed by atoms with Crippen LogP contribution in [0.2, 0.25) is 10.0 Å². The third-order valence-electron chi connectivity index (χ3n) is 7.40. The smallest absolute Gasteiger partial charge is 0.311 e. The summed E-state index contributed by atoms with van der Waals surface area (Å²) in [6.07, 6.45) is 6.06. The number of carbonyl (C=O) groups excluding carboxylic acids is 1. The van der Waals surface area contributed by atoms with E-state index in [1.165, 1.54) is 0 Å². The van der Waals surface area contributed by atoms with Crippen LogP contribution in [0.15, 0.2) is 41.4 Å². The molecule has 39 heavy (non-hydrogen) atoms. The Kier molecular flexibility index (Phi) is 11.2. The van der Waals surface area contributed by atoms with Crippen LogP contribution >= 0.6 is 23.2 Å². The number of hydrogen-bond donors (Lipinski definition) is 0. The fourth-order valence-electron chi connectivity index (χ4n) is 5.03. The molecule has 0 spiro atoms. The van der Waals surface area contributed by atoms with Gasteiger partial charge in [-0.05, 0) is 62.9 Å². The molecule has 2 fully saturated rings. The van der Waals surface area contributed by atoms with Gasteiger partial charge in [-0.2, -0.15) is 0 Å². The van der Waals surface area contributed by atoms with Crippen LogP contribution in [0, 0.1) is 12.8 Å². The predicted molar refractivity (Wildman–Crippen MR) is 158 cm³/mol. The zero-order valence-electron chi connectivity index (χ0n) is 23.0. The summed E-state index contributed by atoms with van der Waals surface area (Å²) < 4.78 is 16.8.